The van der Waals surface area contributed by atoms with Gasteiger partial charge in [-0.1, -0.05) is 0 Å². The van der Waals surface area contributed by atoms with Crippen molar-refractivity contribution in [1.82, 2.24) is 14.1 Å². The Balaban J connectivity index is 3.02. The van der Waals surface area contributed by atoms with Gasteiger partial charge in [-0.2, -0.15) is 0 Å². The minimum Gasteiger partial charge on any atom is -0.465 e. The van der Waals surface area contributed by atoms with Crippen LogP contribution in [-0.4, -0.2) is 41.3 Å². The molecular weight excluding hydrogens is 276 g/mol. The predicted octanol–water partition coefficient (Wildman–Crippen LogP) is -0.515. The van der Waals surface area contributed by atoms with Gasteiger partial charge in [-0.3, -0.25) is 13.9 Å². The molecule has 0 unspecified atom stereocenters. The summed E-state index contributed by atoms with van der Waals surface area (Å²) in [5, 5.41) is 0.186. The van der Waals surface area contributed by atoms with Crippen molar-refractivity contribution in [1.29, 1.82) is 0 Å². The van der Waals surface area contributed by atoms with Crippen molar-refractivity contribution >= 4 is 22.8 Å². The average Bonchev–Trinajstić information content (AvgIpc) is 2.48. The van der Waals surface area contributed by atoms with Gasteiger partial charge in [0.2, 0.25) is 0 Å². The zero-order chi connectivity index (χ0) is 15.9. The van der Waals surface area contributed by atoms with E-state index in [1.807, 2.05) is 0 Å². The number of methoxy groups -OCH3 is 1. The van der Waals surface area contributed by atoms with Crippen LogP contribution in [0.15, 0.2) is 15.7 Å². The van der Waals surface area contributed by atoms with Gasteiger partial charge in [-0.05, 0) is 6.07 Å². The maximum absolute atomic E-state index is 12.2. The van der Waals surface area contributed by atoms with Gasteiger partial charge in [0.25, 0.3) is 5.56 Å². The molecule has 0 aliphatic rings. The summed E-state index contributed by atoms with van der Waals surface area (Å²) in [6, 6.07) is 1.41. The molecule has 0 atom stereocenters. The highest BCUT2D eigenvalue weighted by Gasteiger charge is 2.20. The Bertz CT molecular complexity index is 848. The first-order valence-corrected chi connectivity index (χ1v) is 6.16. The number of carbonyl (C=O) groups excluding carboxylic acids is 1. The molecule has 0 saturated carbocycles. The normalized spacial score (nSPS) is 10.7. The van der Waals surface area contributed by atoms with Crippen LogP contribution in [-0.2, 0) is 18.8 Å². The van der Waals surface area contributed by atoms with Gasteiger partial charge < -0.3 is 9.64 Å². The van der Waals surface area contributed by atoms with Crippen LogP contribution in [0.3, 0.4) is 0 Å². The number of carbonyl (C=O) groups is 1. The van der Waals surface area contributed by atoms with Crippen molar-refractivity contribution in [3.8, 4) is 0 Å². The summed E-state index contributed by atoms with van der Waals surface area (Å²) in [6.07, 6.45) is 0. The number of rotatable bonds is 2. The van der Waals surface area contributed by atoms with Gasteiger partial charge in [-0.15, -0.1) is 0 Å². The topological polar surface area (TPSA) is 86.4 Å². The fourth-order valence-corrected chi connectivity index (χ4v) is 2.09. The van der Waals surface area contributed by atoms with Crippen LogP contribution >= 0.6 is 0 Å². The van der Waals surface area contributed by atoms with E-state index in [4.69, 9.17) is 4.74 Å². The van der Waals surface area contributed by atoms with Gasteiger partial charge in [0.1, 0.15) is 11.4 Å². The molecule has 0 aromatic carbocycles. The smallest absolute Gasteiger partial charge is 0.341 e. The van der Waals surface area contributed by atoms with E-state index in [1.54, 1.807) is 19.0 Å². The quantitative estimate of drug-likeness (QED) is 0.693. The number of esters is 1. The fraction of sp³-hybridized carbons (Fsp3) is 0.385. The SMILES string of the molecule is COC(=O)c1cc2c(=O)n(C)c(=O)n(C)c2nc1N(C)C. The Morgan fingerprint density at radius 1 is 1.24 bits per heavy atom. The number of aromatic nitrogens is 3. The van der Waals surface area contributed by atoms with Crippen LogP contribution < -0.4 is 16.1 Å². The highest BCUT2D eigenvalue weighted by Crippen LogP contribution is 2.20. The number of anilines is 1. The molecule has 0 fully saturated rings. The summed E-state index contributed by atoms with van der Waals surface area (Å²) in [5.41, 5.74) is -0.586. The van der Waals surface area contributed by atoms with Gasteiger partial charge in [0.05, 0.1) is 12.5 Å². The lowest BCUT2D eigenvalue weighted by molar-refractivity contribution is 0.0601. The van der Waals surface area contributed by atoms with Gasteiger partial charge >= 0.3 is 11.7 Å². The lowest BCUT2D eigenvalue weighted by Crippen LogP contribution is -2.37. The van der Waals surface area contributed by atoms with Crippen molar-refractivity contribution in [2.45, 2.75) is 0 Å². The van der Waals surface area contributed by atoms with Gasteiger partial charge in [0, 0.05) is 28.2 Å². The molecule has 2 aromatic rings. The second kappa shape index (κ2) is 5.04. The van der Waals surface area contributed by atoms with E-state index in [9.17, 15) is 14.4 Å². The summed E-state index contributed by atoms with van der Waals surface area (Å²) in [6.45, 7) is 0. The van der Waals surface area contributed by atoms with Crippen molar-refractivity contribution in [2.75, 3.05) is 26.1 Å². The molecule has 0 spiro atoms. The minimum atomic E-state index is -0.594. The van der Waals surface area contributed by atoms with E-state index < -0.39 is 17.2 Å². The number of fused-ring (bicyclic) bond motifs is 1. The predicted molar refractivity (Wildman–Crippen MR) is 77.9 cm³/mol. The van der Waals surface area contributed by atoms with E-state index in [0.717, 1.165) is 4.57 Å². The van der Waals surface area contributed by atoms with Crippen molar-refractivity contribution in [2.24, 2.45) is 14.1 Å². The molecule has 0 saturated heterocycles. The summed E-state index contributed by atoms with van der Waals surface area (Å²) < 4.78 is 6.96. The molecule has 0 aliphatic heterocycles. The molecular formula is C13H16N4O4. The molecule has 0 bridgehead atoms. The third-order valence-electron chi connectivity index (χ3n) is 3.24. The molecule has 8 nitrogen and oxygen atoms in total. The van der Waals surface area contributed by atoms with Crippen molar-refractivity contribution < 1.29 is 9.53 Å². The number of ether oxygens (including phenoxy) is 1. The van der Waals surface area contributed by atoms with E-state index in [1.165, 1.54) is 31.8 Å². The summed E-state index contributed by atoms with van der Waals surface area (Å²) in [5.74, 6) is -0.262. The summed E-state index contributed by atoms with van der Waals surface area (Å²) >= 11 is 0. The van der Waals surface area contributed by atoms with Crippen LogP contribution in [0.5, 0.6) is 0 Å². The maximum atomic E-state index is 12.2. The zero-order valence-corrected chi connectivity index (χ0v) is 12.5. The maximum Gasteiger partial charge on any atom is 0.341 e. The largest absolute Gasteiger partial charge is 0.465 e. The molecule has 0 N–H and O–H groups in total. The summed E-state index contributed by atoms with van der Waals surface area (Å²) in [4.78, 5) is 41.9. The van der Waals surface area contributed by atoms with Gasteiger partial charge in [0.15, 0.2) is 5.65 Å². The number of hydrogen-bond acceptors (Lipinski definition) is 6. The van der Waals surface area contributed by atoms with Crippen LogP contribution in [0.4, 0.5) is 5.82 Å². The van der Waals surface area contributed by atoms with E-state index in [2.05, 4.69) is 4.98 Å². The van der Waals surface area contributed by atoms with E-state index >= 15 is 0 Å². The first-order valence-electron chi connectivity index (χ1n) is 6.16. The second-order valence-electron chi connectivity index (χ2n) is 4.82. The molecule has 2 rings (SSSR count). The molecule has 21 heavy (non-hydrogen) atoms. The molecule has 2 heterocycles. The molecule has 8 heteroatoms. The third-order valence-corrected chi connectivity index (χ3v) is 3.24. The van der Waals surface area contributed by atoms with Crippen LogP contribution in [0.1, 0.15) is 10.4 Å². The van der Waals surface area contributed by atoms with Crippen molar-refractivity contribution in [3.05, 3.63) is 32.5 Å². The Morgan fingerprint density at radius 2 is 1.86 bits per heavy atom. The monoisotopic (exact) mass is 292 g/mol. The van der Waals surface area contributed by atoms with Crippen LogP contribution in [0.25, 0.3) is 11.0 Å². The fourth-order valence-electron chi connectivity index (χ4n) is 2.09. The van der Waals surface area contributed by atoms with E-state index in [0.29, 0.717) is 5.82 Å². The first kappa shape index (κ1) is 14.8. The first-order chi connectivity index (χ1) is 9.79. The Morgan fingerprint density at radius 3 is 2.38 bits per heavy atom. The molecule has 0 amide bonds. The van der Waals surface area contributed by atoms with Crippen LogP contribution in [0, 0.1) is 0 Å². The zero-order valence-electron chi connectivity index (χ0n) is 12.5. The highest BCUT2D eigenvalue weighted by atomic mass is 16.5. The lowest BCUT2D eigenvalue weighted by atomic mass is 10.2. The van der Waals surface area contributed by atoms with Crippen molar-refractivity contribution in [3.63, 3.8) is 0 Å². The van der Waals surface area contributed by atoms with E-state index in [-0.39, 0.29) is 16.6 Å². The number of hydrogen-bond donors (Lipinski definition) is 0. The lowest BCUT2D eigenvalue weighted by Gasteiger charge is -2.17. The molecule has 2 aromatic heterocycles. The molecule has 0 radical (unpaired) electrons. The molecule has 112 valence electrons. The Kier molecular flexibility index (Phi) is 3.54. The Hall–Kier alpha value is -2.64. The standard InChI is InChI=1S/C13H16N4O4/c1-15(2)9-8(12(19)21-5)6-7-10(14-9)16(3)13(20)17(4)11(7)18/h6H,1-5H3. The Labute approximate surface area is 120 Å². The molecule has 0 aliphatic carbocycles. The second-order valence-corrected chi connectivity index (χ2v) is 4.82. The number of pyridine rings is 1. The van der Waals surface area contributed by atoms with Gasteiger partial charge in [-0.25, -0.2) is 14.6 Å². The third kappa shape index (κ3) is 2.18. The summed E-state index contributed by atoms with van der Waals surface area (Å²) in [7, 11) is 7.57. The highest BCUT2D eigenvalue weighted by molar-refractivity contribution is 5.98. The number of nitrogens with zero attached hydrogens (tertiary/aromatic N) is 4. The van der Waals surface area contributed by atoms with Crippen LogP contribution in [0.2, 0.25) is 0 Å². The minimum absolute atomic E-state index is 0.172. The average molecular weight is 292 g/mol. The number of aryl methyl sites for hydroxylation is 1.